The van der Waals surface area contributed by atoms with Crippen molar-refractivity contribution in [2.75, 3.05) is 13.6 Å². The van der Waals surface area contributed by atoms with Gasteiger partial charge in [-0.2, -0.15) is 0 Å². The number of hydrogen-bond acceptors (Lipinski definition) is 3. The Labute approximate surface area is 183 Å². The molecule has 1 saturated carbocycles. The number of nitrogens with zero attached hydrogens (tertiary/aromatic N) is 2. The molecule has 2 aromatic rings. The van der Waals surface area contributed by atoms with Gasteiger partial charge in [-0.25, -0.2) is 4.39 Å². The Morgan fingerprint density at radius 2 is 1.89 bits per heavy atom. The molecule has 7 heteroatoms. The quantitative estimate of drug-likeness (QED) is 0.342. The van der Waals surface area contributed by atoms with Crippen LogP contribution in [0.2, 0.25) is 0 Å². The van der Waals surface area contributed by atoms with Gasteiger partial charge in [0, 0.05) is 25.1 Å². The number of rotatable bonds is 6. The number of benzene rings is 1. The molecule has 0 amide bonds. The molecule has 0 spiro atoms. The Bertz CT molecular complexity index is 767. The summed E-state index contributed by atoms with van der Waals surface area (Å²) in [5.74, 6) is 1.67. The molecule has 1 fully saturated rings. The van der Waals surface area contributed by atoms with Gasteiger partial charge in [-0.05, 0) is 36.5 Å². The standard InChI is InChI=1S/C21H29FN4O.HI/c1-15(2)19-12-18(27-26-19)13-24-20(23-3)25-14-21(10-4-5-11-21)16-6-8-17(22)9-7-16;/h6-9,12,15H,4-5,10-11,13-14H2,1-3H3,(H2,23,24,25);1H. The molecule has 2 N–H and O–H groups in total. The second kappa shape index (κ2) is 10.2. The zero-order valence-electron chi connectivity index (χ0n) is 16.8. The van der Waals surface area contributed by atoms with Crippen LogP contribution < -0.4 is 10.6 Å². The summed E-state index contributed by atoms with van der Waals surface area (Å²) in [5, 5.41) is 10.8. The SMILES string of the molecule is CN=C(NCc1cc(C(C)C)no1)NCC1(c2ccc(F)cc2)CCCC1.I. The van der Waals surface area contributed by atoms with Crippen LogP contribution in [0.15, 0.2) is 39.8 Å². The van der Waals surface area contributed by atoms with E-state index in [1.54, 1.807) is 19.2 Å². The van der Waals surface area contributed by atoms with Crippen LogP contribution >= 0.6 is 24.0 Å². The van der Waals surface area contributed by atoms with Crippen molar-refractivity contribution in [3.63, 3.8) is 0 Å². The van der Waals surface area contributed by atoms with Crippen molar-refractivity contribution in [2.24, 2.45) is 4.99 Å². The molecule has 154 valence electrons. The number of hydrogen-bond donors (Lipinski definition) is 2. The summed E-state index contributed by atoms with van der Waals surface area (Å²) in [6.45, 7) is 5.48. The summed E-state index contributed by atoms with van der Waals surface area (Å²) in [6, 6.07) is 8.92. The molecule has 0 saturated heterocycles. The summed E-state index contributed by atoms with van der Waals surface area (Å²) in [7, 11) is 1.76. The van der Waals surface area contributed by atoms with E-state index in [1.165, 1.54) is 18.4 Å². The molecule has 28 heavy (non-hydrogen) atoms. The summed E-state index contributed by atoms with van der Waals surface area (Å²) in [4.78, 5) is 4.32. The molecular formula is C21H30FIN4O. The summed E-state index contributed by atoms with van der Waals surface area (Å²) >= 11 is 0. The van der Waals surface area contributed by atoms with Gasteiger partial charge in [0.1, 0.15) is 5.82 Å². The fourth-order valence-electron chi connectivity index (χ4n) is 3.75. The van der Waals surface area contributed by atoms with Crippen molar-refractivity contribution < 1.29 is 8.91 Å². The molecule has 5 nitrogen and oxygen atoms in total. The Kier molecular flexibility index (Phi) is 8.27. The zero-order chi connectivity index (χ0) is 19.3. The van der Waals surface area contributed by atoms with Crippen molar-refractivity contribution in [1.82, 2.24) is 15.8 Å². The second-order valence-corrected chi connectivity index (χ2v) is 7.65. The molecule has 1 aromatic carbocycles. The molecule has 1 aliphatic carbocycles. The first-order valence-corrected chi connectivity index (χ1v) is 9.68. The normalized spacial score (nSPS) is 16.1. The van der Waals surface area contributed by atoms with Crippen LogP contribution in [0.1, 0.15) is 62.5 Å². The first-order chi connectivity index (χ1) is 13.0. The third kappa shape index (κ3) is 5.46. The topological polar surface area (TPSA) is 62.5 Å². The summed E-state index contributed by atoms with van der Waals surface area (Å²) in [5.41, 5.74) is 2.18. The Hall–Kier alpha value is -1.64. The number of aliphatic imine (C=N–C) groups is 1. The van der Waals surface area contributed by atoms with Gasteiger partial charge in [-0.15, -0.1) is 24.0 Å². The number of nitrogens with one attached hydrogen (secondary N) is 2. The lowest BCUT2D eigenvalue weighted by molar-refractivity contribution is 0.371. The average Bonchev–Trinajstić information content (AvgIpc) is 3.33. The van der Waals surface area contributed by atoms with Crippen molar-refractivity contribution in [2.45, 2.75) is 57.4 Å². The first-order valence-electron chi connectivity index (χ1n) is 9.68. The predicted molar refractivity (Wildman–Crippen MR) is 121 cm³/mol. The third-order valence-electron chi connectivity index (χ3n) is 5.43. The number of aromatic nitrogens is 1. The molecule has 0 radical (unpaired) electrons. The maximum atomic E-state index is 13.3. The molecule has 0 atom stereocenters. The Balaban J connectivity index is 0.00000280. The van der Waals surface area contributed by atoms with E-state index in [-0.39, 0.29) is 35.2 Å². The van der Waals surface area contributed by atoms with Crippen LogP contribution in [-0.2, 0) is 12.0 Å². The molecule has 1 heterocycles. The van der Waals surface area contributed by atoms with Crippen molar-refractivity contribution in [3.8, 4) is 0 Å². The van der Waals surface area contributed by atoms with E-state index in [9.17, 15) is 4.39 Å². The van der Waals surface area contributed by atoms with E-state index in [0.717, 1.165) is 36.8 Å². The lowest BCUT2D eigenvalue weighted by Crippen LogP contribution is -2.44. The molecule has 3 rings (SSSR count). The van der Waals surface area contributed by atoms with Crippen LogP contribution in [0.3, 0.4) is 0 Å². The summed E-state index contributed by atoms with van der Waals surface area (Å²) in [6.07, 6.45) is 4.59. The maximum absolute atomic E-state index is 13.3. The van der Waals surface area contributed by atoms with Crippen LogP contribution in [0.25, 0.3) is 0 Å². The predicted octanol–water partition coefficient (Wildman–Crippen LogP) is 4.73. The van der Waals surface area contributed by atoms with Crippen LogP contribution in [0.5, 0.6) is 0 Å². The van der Waals surface area contributed by atoms with Crippen LogP contribution in [0.4, 0.5) is 4.39 Å². The van der Waals surface area contributed by atoms with Gasteiger partial charge >= 0.3 is 0 Å². The lowest BCUT2D eigenvalue weighted by atomic mass is 9.79. The Morgan fingerprint density at radius 3 is 2.46 bits per heavy atom. The molecule has 1 aromatic heterocycles. The second-order valence-electron chi connectivity index (χ2n) is 7.65. The van der Waals surface area contributed by atoms with Crippen molar-refractivity contribution in [1.29, 1.82) is 0 Å². The van der Waals surface area contributed by atoms with E-state index in [2.05, 4.69) is 34.6 Å². The van der Waals surface area contributed by atoms with Gasteiger partial charge < -0.3 is 15.2 Å². The van der Waals surface area contributed by atoms with Gasteiger partial charge in [0.25, 0.3) is 0 Å². The fourth-order valence-corrected chi connectivity index (χ4v) is 3.75. The largest absolute Gasteiger partial charge is 0.359 e. The highest BCUT2D eigenvalue weighted by Crippen LogP contribution is 2.40. The molecule has 1 aliphatic rings. The van der Waals surface area contributed by atoms with Gasteiger partial charge in [-0.3, -0.25) is 4.99 Å². The number of guanidine groups is 1. The highest BCUT2D eigenvalue weighted by atomic mass is 127. The lowest BCUT2D eigenvalue weighted by Gasteiger charge is -2.30. The van der Waals surface area contributed by atoms with Crippen molar-refractivity contribution >= 4 is 29.9 Å². The molecular weight excluding hydrogens is 470 g/mol. The Morgan fingerprint density at radius 1 is 1.21 bits per heavy atom. The van der Waals surface area contributed by atoms with Crippen LogP contribution in [0, 0.1) is 5.82 Å². The van der Waals surface area contributed by atoms with E-state index in [1.807, 2.05) is 18.2 Å². The monoisotopic (exact) mass is 500 g/mol. The first kappa shape index (κ1) is 22.6. The zero-order valence-corrected chi connectivity index (χ0v) is 19.1. The third-order valence-corrected chi connectivity index (χ3v) is 5.43. The van der Waals surface area contributed by atoms with Gasteiger partial charge in [0.2, 0.25) is 0 Å². The molecule has 0 aliphatic heterocycles. The van der Waals surface area contributed by atoms with E-state index in [0.29, 0.717) is 12.5 Å². The van der Waals surface area contributed by atoms with E-state index in [4.69, 9.17) is 4.52 Å². The minimum absolute atomic E-state index is 0. The van der Waals surface area contributed by atoms with Gasteiger partial charge in [0.15, 0.2) is 11.7 Å². The molecule has 0 unspecified atom stereocenters. The fraction of sp³-hybridized carbons (Fsp3) is 0.524. The van der Waals surface area contributed by atoms with Gasteiger partial charge in [-0.1, -0.05) is 44.0 Å². The number of halogens is 2. The average molecular weight is 500 g/mol. The van der Waals surface area contributed by atoms with Crippen molar-refractivity contribution in [3.05, 3.63) is 53.2 Å². The maximum Gasteiger partial charge on any atom is 0.191 e. The minimum Gasteiger partial charge on any atom is -0.359 e. The summed E-state index contributed by atoms with van der Waals surface area (Å²) < 4.78 is 18.7. The van der Waals surface area contributed by atoms with E-state index < -0.39 is 0 Å². The van der Waals surface area contributed by atoms with E-state index >= 15 is 0 Å². The molecule has 0 bridgehead atoms. The highest BCUT2D eigenvalue weighted by molar-refractivity contribution is 14.0. The van der Waals surface area contributed by atoms with Crippen LogP contribution in [-0.4, -0.2) is 24.7 Å². The van der Waals surface area contributed by atoms with Gasteiger partial charge in [0.05, 0.1) is 12.2 Å². The highest BCUT2D eigenvalue weighted by Gasteiger charge is 2.35. The minimum atomic E-state index is -0.190. The smallest absolute Gasteiger partial charge is 0.191 e.